The standard InChI is InChI=1S/C17H20FNO2/c1-20-11-12-21-16-10-6-5-9-15(16)17(18,13-19)14-7-3-2-4-8-14/h2-10H,11-13,19H2,1H3. The van der Waals surface area contributed by atoms with E-state index in [1.807, 2.05) is 12.1 Å². The Kier molecular flexibility index (Phi) is 5.31. The molecule has 0 aliphatic carbocycles. The molecule has 1 unspecified atom stereocenters. The first kappa shape index (κ1) is 15.5. The minimum absolute atomic E-state index is 0.151. The van der Waals surface area contributed by atoms with Gasteiger partial charge in [0.25, 0.3) is 0 Å². The monoisotopic (exact) mass is 289 g/mol. The number of para-hydroxylation sites is 1. The van der Waals surface area contributed by atoms with Crippen LogP contribution in [0, 0.1) is 0 Å². The van der Waals surface area contributed by atoms with Gasteiger partial charge in [0.15, 0.2) is 5.67 Å². The Labute approximate surface area is 124 Å². The molecule has 0 bridgehead atoms. The molecule has 0 spiro atoms. The van der Waals surface area contributed by atoms with Gasteiger partial charge in [0.2, 0.25) is 0 Å². The zero-order valence-corrected chi connectivity index (χ0v) is 12.1. The fourth-order valence-corrected chi connectivity index (χ4v) is 2.24. The van der Waals surface area contributed by atoms with Gasteiger partial charge in [-0.05, 0) is 11.6 Å². The second kappa shape index (κ2) is 7.20. The van der Waals surface area contributed by atoms with Crippen molar-refractivity contribution >= 4 is 0 Å². The van der Waals surface area contributed by atoms with Crippen LogP contribution in [0.1, 0.15) is 11.1 Å². The van der Waals surface area contributed by atoms with Crippen molar-refractivity contribution in [1.29, 1.82) is 0 Å². The minimum atomic E-state index is -1.77. The molecular formula is C17H20FNO2. The van der Waals surface area contributed by atoms with Crippen LogP contribution in [0.5, 0.6) is 5.75 Å². The number of hydrogen-bond donors (Lipinski definition) is 1. The molecular weight excluding hydrogens is 269 g/mol. The Morgan fingerprint density at radius 2 is 1.67 bits per heavy atom. The predicted molar refractivity (Wildman–Crippen MR) is 81.2 cm³/mol. The second-order valence-electron chi connectivity index (χ2n) is 4.71. The molecule has 112 valence electrons. The summed E-state index contributed by atoms with van der Waals surface area (Å²) in [5.41, 5.74) is 4.93. The second-order valence-corrected chi connectivity index (χ2v) is 4.71. The lowest BCUT2D eigenvalue weighted by molar-refractivity contribution is 0.142. The van der Waals surface area contributed by atoms with E-state index >= 15 is 4.39 Å². The van der Waals surface area contributed by atoms with E-state index in [0.29, 0.717) is 30.1 Å². The number of alkyl halides is 1. The molecule has 2 N–H and O–H groups in total. The molecule has 2 aromatic carbocycles. The molecule has 0 heterocycles. The van der Waals surface area contributed by atoms with Crippen molar-refractivity contribution in [2.75, 3.05) is 26.9 Å². The Morgan fingerprint density at radius 3 is 2.33 bits per heavy atom. The molecule has 2 aromatic rings. The summed E-state index contributed by atoms with van der Waals surface area (Å²) < 4.78 is 26.1. The van der Waals surface area contributed by atoms with Gasteiger partial charge in [-0.1, -0.05) is 48.5 Å². The van der Waals surface area contributed by atoms with Crippen molar-refractivity contribution in [1.82, 2.24) is 0 Å². The molecule has 3 nitrogen and oxygen atoms in total. The van der Waals surface area contributed by atoms with Gasteiger partial charge in [-0.25, -0.2) is 4.39 Å². The summed E-state index contributed by atoms with van der Waals surface area (Å²) in [5.74, 6) is 0.492. The third-order valence-electron chi connectivity index (χ3n) is 3.37. The lowest BCUT2D eigenvalue weighted by Crippen LogP contribution is -2.32. The first-order valence-corrected chi connectivity index (χ1v) is 6.88. The van der Waals surface area contributed by atoms with Crippen LogP contribution in [-0.2, 0) is 10.4 Å². The van der Waals surface area contributed by atoms with E-state index in [9.17, 15) is 0 Å². The summed E-state index contributed by atoms with van der Waals surface area (Å²) in [6.45, 7) is 0.659. The summed E-state index contributed by atoms with van der Waals surface area (Å²) in [6, 6.07) is 16.0. The average Bonchev–Trinajstić information content (AvgIpc) is 2.56. The van der Waals surface area contributed by atoms with Crippen LogP contribution in [0.3, 0.4) is 0 Å². The highest BCUT2D eigenvalue weighted by Crippen LogP contribution is 2.38. The number of hydrogen-bond acceptors (Lipinski definition) is 3. The predicted octanol–water partition coefficient (Wildman–Crippen LogP) is 2.88. The fourth-order valence-electron chi connectivity index (χ4n) is 2.24. The number of methoxy groups -OCH3 is 1. The van der Waals surface area contributed by atoms with Crippen LogP contribution in [0.2, 0.25) is 0 Å². The SMILES string of the molecule is COCCOc1ccccc1C(F)(CN)c1ccccc1. The summed E-state index contributed by atoms with van der Waals surface area (Å²) in [4.78, 5) is 0. The molecule has 0 aliphatic rings. The largest absolute Gasteiger partial charge is 0.491 e. The van der Waals surface area contributed by atoms with E-state index in [4.69, 9.17) is 15.2 Å². The van der Waals surface area contributed by atoms with Crippen LogP contribution in [-0.4, -0.2) is 26.9 Å². The van der Waals surface area contributed by atoms with Gasteiger partial charge >= 0.3 is 0 Å². The van der Waals surface area contributed by atoms with Gasteiger partial charge in [-0.3, -0.25) is 0 Å². The molecule has 0 aliphatic heterocycles. The van der Waals surface area contributed by atoms with Crippen LogP contribution in [0.4, 0.5) is 4.39 Å². The van der Waals surface area contributed by atoms with Crippen LogP contribution in [0.15, 0.2) is 54.6 Å². The first-order valence-electron chi connectivity index (χ1n) is 6.88. The summed E-state index contributed by atoms with van der Waals surface area (Å²) in [5, 5.41) is 0. The smallest absolute Gasteiger partial charge is 0.176 e. The van der Waals surface area contributed by atoms with Crippen molar-refractivity contribution in [2.45, 2.75) is 5.67 Å². The molecule has 2 rings (SSSR count). The summed E-state index contributed by atoms with van der Waals surface area (Å²) in [6.07, 6.45) is 0. The highest BCUT2D eigenvalue weighted by Gasteiger charge is 2.35. The van der Waals surface area contributed by atoms with E-state index < -0.39 is 5.67 Å². The van der Waals surface area contributed by atoms with Gasteiger partial charge in [0.05, 0.1) is 6.61 Å². The van der Waals surface area contributed by atoms with Gasteiger partial charge < -0.3 is 15.2 Å². The zero-order valence-electron chi connectivity index (χ0n) is 12.1. The Morgan fingerprint density at radius 1 is 1.00 bits per heavy atom. The maximum absolute atomic E-state index is 15.5. The average molecular weight is 289 g/mol. The fraction of sp³-hybridized carbons (Fsp3) is 0.294. The molecule has 4 heteroatoms. The lowest BCUT2D eigenvalue weighted by Gasteiger charge is -2.27. The van der Waals surface area contributed by atoms with Crippen LogP contribution in [0.25, 0.3) is 0 Å². The van der Waals surface area contributed by atoms with Crippen molar-refractivity contribution in [3.05, 3.63) is 65.7 Å². The van der Waals surface area contributed by atoms with E-state index in [2.05, 4.69) is 0 Å². The highest BCUT2D eigenvalue weighted by molar-refractivity contribution is 5.45. The third-order valence-corrected chi connectivity index (χ3v) is 3.37. The first-order chi connectivity index (χ1) is 10.2. The summed E-state index contributed by atoms with van der Waals surface area (Å²) in [7, 11) is 1.60. The summed E-state index contributed by atoms with van der Waals surface area (Å²) >= 11 is 0. The minimum Gasteiger partial charge on any atom is -0.491 e. The molecule has 0 aromatic heterocycles. The number of halogens is 1. The van der Waals surface area contributed by atoms with Crippen molar-refractivity contribution in [2.24, 2.45) is 5.73 Å². The van der Waals surface area contributed by atoms with Crippen molar-refractivity contribution < 1.29 is 13.9 Å². The number of nitrogens with two attached hydrogens (primary N) is 1. The molecule has 21 heavy (non-hydrogen) atoms. The number of rotatable bonds is 7. The van der Waals surface area contributed by atoms with E-state index in [1.165, 1.54) is 0 Å². The maximum atomic E-state index is 15.5. The quantitative estimate of drug-likeness (QED) is 0.797. The van der Waals surface area contributed by atoms with E-state index in [0.717, 1.165) is 0 Å². The lowest BCUT2D eigenvalue weighted by atomic mass is 9.87. The van der Waals surface area contributed by atoms with Gasteiger partial charge in [0, 0.05) is 19.2 Å². The maximum Gasteiger partial charge on any atom is 0.176 e. The van der Waals surface area contributed by atoms with E-state index in [-0.39, 0.29) is 6.54 Å². The Bertz CT molecular complexity index is 562. The molecule has 0 saturated carbocycles. The molecule has 0 radical (unpaired) electrons. The van der Waals surface area contributed by atoms with Gasteiger partial charge in [0.1, 0.15) is 12.4 Å². The molecule has 0 saturated heterocycles. The van der Waals surface area contributed by atoms with Gasteiger partial charge in [-0.2, -0.15) is 0 Å². The van der Waals surface area contributed by atoms with Crippen molar-refractivity contribution in [3.63, 3.8) is 0 Å². The number of benzene rings is 2. The Balaban J connectivity index is 2.38. The van der Waals surface area contributed by atoms with Gasteiger partial charge in [-0.15, -0.1) is 0 Å². The molecule has 1 atom stereocenters. The molecule has 0 fully saturated rings. The topological polar surface area (TPSA) is 44.5 Å². The zero-order chi connectivity index (χ0) is 15.1. The van der Waals surface area contributed by atoms with E-state index in [1.54, 1.807) is 49.6 Å². The third kappa shape index (κ3) is 3.40. The highest BCUT2D eigenvalue weighted by atomic mass is 19.1. The normalized spacial score (nSPS) is 13.7. The molecule has 0 amide bonds. The number of ether oxygens (including phenoxy) is 2. The van der Waals surface area contributed by atoms with Crippen molar-refractivity contribution in [3.8, 4) is 5.75 Å². The van der Waals surface area contributed by atoms with Crippen LogP contribution < -0.4 is 10.5 Å². The van der Waals surface area contributed by atoms with Crippen LogP contribution >= 0.6 is 0 Å². The Hall–Kier alpha value is -1.91.